The van der Waals surface area contributed by atoms with E-state index in [-0.39, 0.29) is 5.92 Å². The van der Waals surface area contributed by atoms with Crippen molar-refractivity contribution in [2.45, 2.75) is 53.2 Å². The molecular weight excluding hydrogens is 226 g/mol. The van der Waals surface area contributed by atoms with Gasteiger partial charge in [-0.1, -0.05) is 13.8 Å². The van der Waals surface area contributed by atoms with E-state index in [1.165, 1.54) is 5.69 Å². The van der Waals surface area contributed by atoms with Crippen molar-refractivity contribution in [1.82, 2.24) is 15.1 Å². The lowest BCUT2D eigenvalue weighted by Gasteiger charge is -2.28. The van der Waals surface area contributed by atoms with Crippen molar-refractivity contribution in [2.24, 2.45) is 5.92 Å². The van der Waals surface area contributed by atoms with Gasteiger partial charge >= 0.3 is 0 Å². The van der Waals surface area contributed by atoms with E-state index < -0.39 is 5.60 Å². The number of hydrogen-bond acceptors (Lipinski definition) is 3. The molecule has 0 aliphatic rings. The van der Waals surface area contributed by atoms with E-state index >= 15 is 0 Å². The Balaban J connectivity index is 2.22. The van der Waals surface area contributed by atoms with E-state index in [1.807, 2.05) is 32.4 Å². The summed E-state index contributed by atoms with van der Waals surface area (Å²) in [5, 5.41) is 17.8. The Bertz CT molecular complexity index is 369. The number of aryl methyl sites for hydroxylation is 3. The Hall–Kier alpha value is -0.870. The molecule has 18 heavy (non-hydrogen) atoms. The first-order valence-corrected chi connectivity index (χ1v) is 6.77. The fourth-order valence-corrected chi connectivity index (χ4v) is 1.80. The lowest BCUT2D eigenvalue weighted by Crippen LogP contribution is -2.42. The van der Waals surface area contributed by atoms with Crippen molar-refractivity contribution in [3.05, 3.63) is 17.5 Å². The summed E-state index contributed by atoms with van der Waals surface area (Å²) in [4.78, 5) is 0. The zero-order chi connectivity index (χ0) is 13.8. The largest absolute Gasteiger partial charge is 0.389 e. The molecule has 0 aromatic carbocycles. The highest BCUT2D eigenvalue weighted by Gasteiger charge is 2.23. The van der Waals surface area contributed by atoms with Gasteiger partial charge in [0, 0.05) is 18.8 Å². The molecule has 4 nitrogen and oxygen atoms in total. The number of nitrogens with one attached hydrogen (secondary N) is 1. The first-order chi connectivity index (χ1) is 8.33. The Morgan fingerprint density at radius 2 is 2.11 bits per heavy atom. The van der Waals surface area contributed by atoms with Gasteiger partial charge in [-0.3, -0.25) is 4.68 Å². The average Bonchev–Trinajstić information content (AvgIpc) is 2.56. The minimum absolute atomic E-state index is 0.265. The minimum atomic E-state index is -0.627. The van der Waals surface area contributed by atoms with Crippen LogP contribution in [0.3, 0.4) is 0 Å². The van der Waals surface area contributed by atoms with Gasteiger partial charge < -0.3 is 10.4 Å². The SMILES string of the molecule is Cc1cc(C)n(CCCNCC(C)(O)C(C)C)n1. The monoisotopic (exact) mass is 253 g/mol. The van der Waals surface area contributed by atoms with Crippen molar-refractivity contribution in [3.8, 4) is 0 Å². The van der Waals surface area contributed by atoms with Crippen LogP contribution < -0.4 is 5.32 Å². The van der Waals surface area contributed by atoms with E-state index in [2.05, 4.69) is 23.4 Å². The Morgan fingerprint density at radius 1 is 1.44 bits per heavy atom. The summed E-state index contributed by atoms with van der Waals surface area (Å²) in [5.41, 5.74) is 1.66. The fourth-order valence-electron chi connectivity index (χ4n) is 1.80. The van der Waals surface area contributed by atoms with Gasteiger partial charge in [0.1, 0.15) is 0 Å². The maximum absolute atomic E-state index is 10.1. The summed E-state index contributed by atoms with van der Waals surface area (Å²) in [6.07, 6.45) is 1.02. The third-order valence-corrected chi connectivity index (χ3v) is 3.55. The molecule has 0 aliphatic heterocycles. The molecule has 0 fully saturated rings. The van der Waals surface area contributed by atoms with Crippen LogP contribution in [0.4, 0.5) is 0 Å². The highest BCUT2D eigenvalue weighted by molar-refractivity contribution is 5.06. The van der Waals surface area contributed by atoms with Crippen LogP contribution in [-0.2, 0) is 6.54 Å². The van der Waals surface area contributed by atoms with E-state index in [9.17, 15) is 5.11 Å². The van der Waals surface area contributed by atoms with E-state index in [0.717, 1.165) is 25.2 Å². The zero-order valence-electron chi connectivity index (χ0n) is 12.3. The van der Waals surface area contributed by atoms with Gasteiger partial charge in [-0.05, 0) is 45.7 Å². The predicted molar refractivity (Wildman–Crippen MR) is 74.6 cm³/mol. The molecule has 2 N–H and O–H groups in total. The van der Waals surface area contributed by atoms with Crippen LogP contribution in [0.25, 0.3) is 0 Å². The van der Waals surface area contributed by atoms with Crippen molar-refractivity contribution in [1.29, 1.82) is 0 Å². The number of aromatic nitrogens is 2. The first-order valence-electron chi connectivity index (χ1n) is 6.77. The second kappa shape index (κ2) is 6.34. The third kappa shape index (κ3) is 4.42. The molecule has 4 heteroatoms. The fraction of sp³-hybridized carbons (Fsp3) is 0.786. The molecule has 0 bridgehead atoms. The van der Waals surface area contributed by atoms with Gasteiger partial charge in [-0.15, -0.1) is 0 Å². The molecule has 0 amide bonds. The summed E-state index contributed by atoms with van der Waals surface area (Å²) in [6.45, 7) is 12.5. The van der Waals surface area contributed by atoms with Gasteiger partial charge in [0.2, 0.25) is 0 Å². The summed E-state index contributed by atoms with van der Waals surface area (Å²) in [7, 11) is 0. The minimum Gasteiger partial charge on any atom is -0.389 e. The molecule has 1 unspecified atom stereocenters. The summed E-state index contributed by atoms with van der Waals surface area (Å²) >= 11 is 0. The lowest BCUT2D eigenvalue weighted by atomic mass is 9.92. The maximum Gasteiger partial charge on any atom is 0.0766 e. The molecule has 1 atom stereocenters. The molecule has 1 aromatic rings. The van der Waals surface area contributed by atoms with Crippen LogP contribution in [-0.4, -0.2) is 33.6 Å². The van der Waals surface area contributed by atoms with Crippen LogP contribution in [0.5, 0.6) is 0 Å². The summed E-state index contributed by atoms with van der Waals surface area (Å²) < 4.78 is 2.04. The topological polar surface area (TPSA) is 50.1 Å². The van der Waals surface area contributed by atoms with Crippen LogP contribution in [0.1, 0.15) is 38.6 Å². The van der Waals surface area contributed by atoms with E-state index in [0.29, 0.717) is 6.54 Å². The van der Waals surface area contributed by atoms with E-state index in [4.69, 9.17) is 0 Å². The summed E-state index contributed by atoms with van der Waals surface area (Å²) in [5.74, 6) is 0.265. The molecule has 1 aromatic heterocycles. The molecule has 0 saturated heterocycles. The maximum atomic E-state index is 10.1. The highest BCUT2D eigenvalue weighted by Crippen LogP contribution is 2.14. The third-order valence-electron chi connectivity index (χ3n) is 3.55. The van der Waals surface area contributed by atoms with Crippen molar-refractivity contribution in [2.75, 3.05) is 13.1 Å². The number of nitrogens with zero attached hydrogens (tertiary/aromatic N) is 2. The number of hydrogen-bond donors (Lipinski definition) is 2. The Labute approximate surface area is 110 Å². The molecule has 0 aliphatic carbocycles. The highest BCUT2D eigenvalue weighted by atomic mass is 16.3. The standard InChI is InChI=1S/C14H27N3O/c1-11(2)14(5,18)10-15-7-6-8-17-13(4)9-12(3)16-17/h9,11,15,18H,6-8,10H2,1-5H3. The molecule has 104 valence electrons. The number of aliphatic hydroxyl groups is 1. The van der Waals surface area contributed by atoms with Crippen LogP contribution in [0.2, 0.25) is 0 Å². The van der Waals surface area contributed by atoms with Crippen LogP contribution >= 0.6 is 0 Å². The first kappa shape index (κ1) is 15.2. The Kier molecular flexibility index (Phi) is 5.35. The van der Waals surface area contributed by atoms with Gasteiger partial charge in [0.25, 0.3) is 0 Å². The average molecular weight is 253 g/mol. The van der Waals surface area contributed by atoms with Crippen LogP contribution in [0.15, 0.2) is 6.07 Å². The number of rotatable bonds is 7. The summed E-state index contributed by atoms with van der Waals surface area (Å²) in [6, 6.07) is 2.09. The smallest absolute Gasteiger partial charge is 0.0766 e. The molecule has 0 spiro atoms. The molecule has 0 saturated carbocycles. The molecule has 1 rings (SSSR count). The van der Waals surface area contributed by atoms with Crippen molar-refractivity contribution >= 4 is 0 Å². The zero-order valence-corrected chi connectivity index (χ0v) is 12.3. The second-order valence-corrected chi connectivity index (χ2v) is 5.69. The van der Waals surface area contributed by atoms with Crippen molar-refractivity contribution < 1.29 is 5.11 Å². The lowest BCUT2D eigenvalue weighted by molar-refractivity contribution is 0.0143. The Morgan fingerprint density at radius 3 is 2.61 bits per heavy atom. The van der Waals surface area contributed by atoms with Gasteiger partial charge in [-0.25, -0.2) is 0 Å². The van der Waals surface area contributed by atoms with Crippen LogP contribution in [0, 0.1) is 19.8 Å². The van der Waals surface area contributed by atoms with Gasteiger partial charge in [-0.2, -0.15) is 5.10 Å². The van der Waals surface area contributed by atoms with Gasteiger partial charge in [0.05, 0.1) is 11.3 Å². The second-order valence-electron chi connectivity index (χ2n) is 5.69. The predicted octanol–water partition coefficient (Wildman–Crippen LogP) is 1.89. The normalized spacial score (nSPS) is 15.1. The molecule has 0 radical (unpaired) electrons. The quantitative estimate of drug-likeness (QED) is 0.730. The molecular formula is C14H27N3O. The molecule has 1 heterocycles. The van der Waals surface area contributed by atoms with E-state index in [1.54, 1.807) is 0 Å². The van der Waals surface area contributed by atoms with Gasteiger partial charge in [0.15, 0.2) is 0 Å². The van der Waals surface area contributed by atoms with Crippen molar-refractivity contribution in [3.63, 3.8) is 0 Å².